The number of nitrogens with zero attached hydrogens (tertiary/aromatic N) is 1. The van der Waals surface area contributed by atoms with Gasteiger partial charge in [-0.25, -0.2) is 0 Å². The van der Waals surface area contributed by atoms with Crippen LogP contribution in [-0.2, 0) is 0 Å². The summed E-state index contributed by atoms with van der Waals surface area (Å²) < 4.78 is 0. The molecule has 1 saturated heterocycles. The summed E-state index contributed by atoms with van der Waals surface area (Å²) in [6.07, 6.45) is 7.31. The largest absolute Gasteiger partial charge is 0.300 e. The Bertz CT molecular complexity index is 129. The van der Waals surface area contributed by atoms with Gasteiger partial charge in [0.1, 0.15) is 0 Å². The van der Waals surface area contributed by atoms with Gasteiger partial charge in [-0.1, -0.05) is 6.92 Å². The summed E-state index contributed by atoms with van der Waals surface area (Å²) in [7, 11) is 0. The van der Waals surface area contributed by atoms with Gasteiger partial charge in [-0.15, -0.1) is 0 Å². The van der Waals surface area contributed by atoms with Gasteiger partial charge in [-0.3, -0.25) is 0 Å². The minimum Gasteiger partial charge on any atom is -0.300 e. The van der Waals surface area contributed by atoms with Gasteiger partial charge < -0.3 is 4.90 Å². The van der Waals surface area contributed by atoms with Crippen LogP contribution in [0.3, 0.4) is 0 Å². The maximum Gasteiger partial charge on any atom is 0.00964 e. The number of rotatable bonds is 1. The van der Waals surface area contributed by atoms with E-state index < -0.39 is 0 Å². The highest BCUT2D eigenvalue weighted by molar-refractivity contribution is 4.85. The van der Waals surface area contributed by atoms with Crippen molar-refractivity contribution >= 4 is 0 Å². The minimum absolute atomic E-state index is 0.985. The molecule has 1 unspecified atom stereocenters. The highest BCUT2D eigenvalue weighted by atomic mass is 15.2. The summed E-state index contributed by atoms with van der Waals surface area (Å²) >= 11 is 0. The number of likely N-dealkylation sites (tertiary alicyclic amines) is 1. The third-order valence-corrected chi connectivity index (χ3v) is 3.11. The minimum atomic E-state index is 0.985. The van der Waals surface area contributed by atoms with E-state index in [9.17, 15) is 0 Å². The molecule has 1 saturated carbocycles. The standard InChI is InChI=1S/C10H19N/c1-9-3-2-7-11(8-6-9)10-4-5-10/h9-10H,2-8H2,1H3. The molecule has 2 aliphatic rings. The van der Waals surface area contributed by atoms with E-state index in [1.54, 1.807) is 0 Å². The van der Waals surface area contributed by atoms with Gasteiger partial charge in [-0.2, -0.15) is 0 Å². The van der Waals surface area contributed by atoms with E-state index in [1.807, 2.05) is 0 Å². The van der Waals surface area contributed by atoms with Crippen molar-refractivity contribution in [3.63, 3.8) is 0 Å². The Morgan fingerprint density at radius 3 is 2.55 bits per heavy atom. The second-order valence-corrected chi connectivity index (χ2v) is 4.30. The van der Waals surface area contributed by atoms with Gasteiger partial charge in [0.05, 0.1) is 0 Å². The van der Waals surface area contributed by atoms with Crippen LogP contribution in [0.5, 0.6) is 0 Å². The Hall–Kier alpha value is -0.0400. The molecule has 0 bridgehead atoms. The molecule has 11 heavy (non-hydrogen) atoms. The summed E-state index contributed by atoms with van der Waals surface area (Å²) in [5, 5.41) is 0. The average molecular weight is 153 g/mol. The molecule has 0 amide bonds. The zero-order valence-electron chi connectivity index (χ0n) is 7.55. The van der Waals surface area contributed by atoms with E-state index in [4.69, 9.17) is 0 Å². The van der Waals surface area contributed by atoms with Crippen molar-refractivity contribution < 1.29 is 0 Å². The molecule has 2 fully saturated rings. The molecule has 1 aliphatic carbocycles. The summed E-state index contributed by atoms with van der Waals surface area (Å²) in [5.41, 5.74) is 0. The SMILES string of the molecule is CC1CCCN(C2CC2)CC1. The van der Waals surface area contributed by atoms with Crippen molar-refractivity contribution in [2.45, 2.75) is 45.1 Å². The molecule has 0 spiro atoms. The topological polar surface area (TPSA) is 3.24 Å². The Kier molecular flexibility index (Phi) is 2.17. The van der Waals surface area contributed by atoms with Gasteiger partial charge in [0.25, 0.3) is 0 Å². The van der Waals surface area contributed by atoms with Crippen LogP contribution in [0.4, 0.5) is 0 Å². The lowest BCUT2D eigenvalue weighted by Crippen LogP contribution is -2.26. The van der Waals surface area contributed by atoms with Crippen LogP contribution < -0.4 is 0 Å². The molecule has 1 heterocycles. The second-order valence-electron chi connectivity index (χ2n) is 4.30. The highest BCUT2D eigenvalue weighted by Gasteiger charge is 2.29. The van der Waals surface area contributed by atoms with Crippen molar-refractivity contribution in [1.29, 1.82) is 0 Å². The van der Waals surface area contributed by atoms with Crippen molar-refractivity contribution in [2.75, 3.05) is 13.1 Å². The van der Waals surface area contributed by atoms with Crippen LogP contribution in [0.15, 0.2) is 0 Å². The zero-order valence-corrected chi connectivity index (χ0v) is 7.55. The molecule has 0 radical (unpaired) electrons. The smallest absolute Gasteiger partial charge is 0.00964 e. The molecule has 0 aromatic carbocycles. The van der Waals surface area contributed by atoms with Crippen molar-refractivity contribution in [2.24, 2.45) is 5.92 Å². The van der Waals surface area contributed by atoms with E-state index >= 15 is 0 Å². The fraction of sp³-hybridized carbons (Fsp3) is 1.00. The first-order chi connectivity index (χ1) is 5.36. The van der Waals surface area contributed by atoms with Crippen LogP contribution in [0, 0.1) is 5.92 Å². The van der Waals surface area contributed by atoms with E-state index in [2.05, 4.69) is 11.8 Å². The van der Waals surface area contributed by atoms with E-state index in [1.165, 1.54) is 45.2 Å². The first kappa shape index (κ1) is 7.60. The van der Waals surface area contributed by atoms with Crippen molar-refractivity contribution in [3.8, 4) is 0 Å². The first-order valence-corrected chi connectivity index (χ1v) is 5.10. The fourth-order valence-corrected chi connectivity index (χ4v) is 2.09. The normalized spacial score (nSPS) is 35.2. The highest BCUT2D eigenvalue weighted by Crippen LogP contribution is 2.29. The molecule has 1 aliphatic heterocycles. The van der Waals surface area contributed by atoms with E-state index in [-0.39, 0.29) is 0 Å². The Morgan fingerprint density at radius 2 is 1.82 bits per heavy atom. The summed E-state index contributed by atoms with van der Waals surface area (Å²) in [4.78, 5) is 2.71. The van der Waals surface area contributed by atoms with Crippen LogP contribution in [0.2, 0.25) is 0 Å². The van der Waals surface area contributed by atoms with E-state index in [0.717, 1.165) is 12.0 Å². The summed E-state index contributed by atoms with van der Waals surface area (Å²) in [5.74, 6) is 0.985. The lowest BCUT2D eigenvalue weighted by atomic mass is 10.0. The Balaban J connectivity index is 1.82. The molecule has 1 atom stereocenters. The molecule has 0 aromatic heterocycles. The van der Waals surface area contributed by atoms with Gasteiger partial charge >= 0.3 is 0 Å². The van der Waals surface area contributed by atoms with Gasteiger partial charge in [-0.05, 0) is 51.1 Å². The van der Waals surface area contributed by atoms with Gasteiger partial charge in [0.2, 0.25) is 0 Å². The van der Waals surface area contributed by atoms with Gasteiger partial charge in [0, 0.05) is 6.04 Å². The zero-order chi connectivity index (χ0) is 7.68. The molecule has 64 valence electrons. The third kappa shape index (κ3) is 1.96. The molecule has 0 N–H and O–H groups in total. The van der Waals surface area contributed by atoms with Crippen LogP contribution >= 0.6 is 0 Å². The predicted molar refractivity (Wildman–Crippen MR) is 47.6 cm³/mol. The van der Waals surface area contributed by atoms with Crippen LogP contribution in [0.25, 0.3) is 0 Å². The Labute approximate surface area is 69.8 Å². The quantitative estimate of drug-likeness (QED) is 0.558. The van der Waals surface area contributed by atoms with Crippen LogP contribution in [0.1, 0.15) is 39.0 Å². The Morgan fingerprint density at radius 1 is 1.00 bits per heavy atom. The maximum absolute atomic E-state index is 2.71. The lowest BCUT2D eigenvalue weighted by Gasteiger charge is -2.18. The molecular weight excluding hydrogens is 134 g/mol. The monoisotopic (exact) mass is 153 g/mol. The van der Waals surface area contributed by atoms with Crippen molar-refractivity contribution in [1.82, 2.24) is 4.90 Å². The summed E-state index contributed by atoms with van der Waals surface area (Å²) in [6, 6.07) is 1.00. The maximum atomic E-state index is 2.71. The predicted octanol–water partition coefficient (Wildman–Crippen LogP) is 2.27. The summed E-state index contributed by atoms with van der Waals surface area (Å²) in [6.45, 7) is 5.16. The molecule has 1 heteroatoms. The number of hydrogen-bond acceptors (Lipinski definition) is 1. The molecule has 0 aromatic rings. The third-order valence-electron chi connectivity index (χ3n) is 3.11. The van der Waals surface area contributed by atoms with Crippen molar-refractivity contribution in [3.05, 3.63) is 0 Å². The van der Waals surface area contributed by atoms with E-state index in [0.29, 0.717) is 0 Å². The molecular formula is C10H19N. The average Bonchev–Trinajstić information content (AvgIpc) is 2.73. The van der Waals surface area contributed by atoms with Gasteiger partial charge in [0.15, 0.2) is 0 Å². The second kappa shape index (κ2) is 3.14. The lowest BCUT2D eigenvalue weighted by molar-refractivity contribution is 0.271. The first-order valence-electron chi connectivity index (χ1n) is 5.10. The fourth-order valence-electron chi connectivity index (χ4n) is 2.09. The molecule has 2 rings (SSSR count). The number of hydrogen-bond donors (Lipinski definition) is 0. The van der Waals surface area contributed by atoms with Crippen LogP contribution in [-0.4, -0.2) is 24.0 Å². The molecule has 1 nitrogen and oxygen atoms in total.